The summed E-state index contributed by atoms with van der Waals surface area (Å²) in [6, 6.07) is 22.8. The molecule has 0 unspecified atom stereocenters. The molecule has 10 heteroatoms. The first-order chi connectivity index (χ1) is 18.9. The third-order valence-electron chi connectivity index (χ3n) is 6.54. The van der Waals surface area contributed by atoms with Crippen molar-refractivity contribution in [2.45, 2.75) is 6.92 Å². The molecule has 1 fully saturated rings. The molecular formula is C29H22N6O2S2. The molecule has 0 saturated carbocycles. The summed E-state index contributed by atoms with van der Waals surface area (Å²) in [6.45, 7) is 1.81. The van der Waals surface area contributed by atoms with Crippen molar-refractivity contribution in [1.29, 1.82) is 0 Å². The van der Waals surface area contributed by atoms with Gasteiger partial charge in [0.05, 0.1) is 22.0 Å². The number of pyridine rings is 1. The summed E-state index contributed by atoms with van der Waals surface area (Å²) in [5.74, 6) is -0.343. The van der Waals surface area contributed by atoms with E-state index in [9.17, 15) is 9.59 Å². The van der Waals surface area contributed by atoms with Gasteiger partial charge in [-0.3, -0.25) is 24.2 Å². The van der Waals surface area contributed by atoms with E-state index < -0.39 is 0 Å². The predicted octanol–water partition coefficient (Wildman–Crippen LogP) is 5.14. The number of thiocarbonyl (C=S) groups is 1. The Bertz CT molecular complexity index is 1810. The van der Waals surface area contributed by atoms with Gasteiger partial charge in [-0.05, 0) is 49.4 Å². The van der Waals surface area contributed by atoms with Crippen LogP contribution in [0.25, 0.3) is 28.7 Å². The van der Waals surface area contributed by atoms with Crippen LogP contribution in [0.15, 0.2) is 101 Å². The minimum Gasteiger partial charge on any atom is -0.283 e. The van der Waals surface area contributed by atoms with Crippen LogP contribution in [-0.2, 0) is 11.8 Å². The summed E-state index contributed by atoms with van der Waals surface area (Å²) in [7, 11) is 1.79. The molecule has 39 heavy (non-hydrogen) atoms. The largest absolute Gasteiger partial charge is 0.296 e. The fourth-order valence-corrected chi connectivity index (χ4v) is 5.82. The minimum absolute atomic E-state index is 0.251. The lowest BCUT2D eigenvalue weighted by Gasteiger charge is -2.12. The number of hydrogen-bond donors (Lipinski definition) is 0. The summed E-state index contributed by atoms with van der Waals surface area (Å²) in [6.07, 6.45) is 7.08. The number of aromatic nitrogens is 5. The van der Waals surface area contributed by atoms with Gasteiger partial charge in [0.25, 0.3) is 11.5 Å². The second-order valence-electron chi connectivity index (χ2n) is 8.88. The summed E-state index contributed by atoms with van der Waals surface area (Å²) >= 11 is 6.80. The number of thioether (sulfide) groups is 1. The van der Waals surface area contributed by atoms with Crippen LogP contribution in [0.5, 0.6) is 0 Å². The molecule has 0 aliphatic carbocycles. The zero-order chi connectivity index (χ0) is 27.1. The second kappa shape index (κ2) is 9.97. The van der Waals surface area contributed by atoms with E-state index in [-0.39, 0.29) is 17.2 Å². The Morgan fingerprint density at radius 2 is 1.54 bits per heavy atom. The van der Waals surface area contributed by atoms with Gasteiger partial charge < -0.3 is 0 Å². The molecule has 3 aromatic heterocycles. The molecule has 5 aromatic rings. The van der Waals surface area contributed by atoms with Crippen molar-refractivity contribution in [3.05, 3.63) is 118 Å². The van der Waals surface area contributed by atoms with E-state index in [1.165, 1.54) is 16.7 Å². The van der Waals surface area contributed by atoms with Crippen molar-refractivity contribution in [2.24, 2.45) is 7.05 Å². The van der Waals surface area contributed by atoms with E-state index in [2.05, 4.69) is 4.98 Å². The summed E-state index contributed by atoms with van der Waals surface area (Å²) in [5.41, 5.74) is 4.49. The molecule has 4 heterocycles. The quantitative estimate of drug-likeness (QED) is 0.223. The van der Waals surface area contributed by atoms with Gasteiger partial charge >= 0.3 is 0 Å². The maximum atomic E-state index is 13.8. The number of rotatable bonds is 5. The van der Waals surface area contributed by atoms with Crippen LogP contribution < -0.4 is 10.5 Å². The Morgan fingerprint density at radius 1 is 0.897 bits per heavy atom. The molecule has 1 saturated heterocycles. The molecule has 192 valence electrons. The van der Waals surface area contributed by atoms with Gasteiger partial charge in [0.2, 0.25) is 0 Å². The zero-order valence-electron chi connectivity index (χ0n) is 21.1. The molecule has 2 aromatic carbocycles. The predicted molar refractivity (Wildman–Crippen MR) is 158 cm³/mol. The van der Waals surface area contributed by atoms with Crippen LogP contribution in [0.2, 0.25) is 0 Å². The monoisotopic (exact) mass is 550 g/mol. The fourth-order valence-electron chi connectivity index (χ4n) is 4.55. The van der Waals surface area contributed by atoms with Crippen LogP contribution >= 0.6 is 24.0 Å². The molecule has 8 nitrogen and oxygen atoms in total. The number of carbonyl (C=O) groups excluding carboxylic acids is 1. The number of hydrogen-bond acceptors (Lipinski definition) is 6. The zero-order valence-corrected chi connectivity index (χ0v) is 22.7. The number of benzene rings is 2. The molecule has 0 spiro atoms. The Kier molecular flexibility index (Phi) is 6.34. The Balaban J connectivity index is 1.43. The first-order valence-corrected chi connectivity index (χ1v) is 13.3. The van der Waals surface area contributed by atoms with E-state index >= 15 is 0 Å². The first kappa shape index (κ1) is 24.8. The molecule has 0 bridgehead atoms. The van der Waals surface area contributed by atoms with Crippen LogP contribution in [0.4, 0.5) is 5.69 Å². The van der Waals surface area contributed by atoms with Crippen molar-refractivity contribution in [2.75, 3.05) is 4.90 Å². The van der Waals surface area contributed by atoms with E-state index in [0.717, 1.165) is 16.8 Å². The SMILES string of the molecule is Cc1c(N2C(=O)/C(=C/c3cn(-c4ccccc4)nc3-c3ccncc3)SC2=S)c(=O)n(-c2ccccc2)n1C. The molecule has 1 aliphatic rings. The van der Waals surface area contributed by atoms with Crippen LogP contribution in [0.1, 0.15) is 11.3 Å². The van der Waals surface area contributed by atoms with Crippen LogP contribution in [-0.4, -0.2) is 34.4 Å². The first-order valence-electron chi connectivity index (χ1n) is 12.1. The number of nitrogens with zero attached hydrogens (tertiary/aromatic N) is 6. The highest BCUT2D eigenvalue weighted by molar-refractivity contribution is 8.27. The Labute approximate surface area is 233 Å². The normalized spacial score (nSPS) is 14.5. The average Bonchev–Trinajstić information content (AvgIpc) is 3.57. The van der Waals surface area contributed by atoms with Crippen molar-refractivity contribution in [3.63, 3.8) is 0 Å². The molecule has 0 N–H and O–H groups in total. The van der Waals surface area contributed by atoms with E-state index in [0.29, 0.717) is 26.3 Å². The van der Waals surface area contributed by atoms with Crippen molar-refractivity contribution in [3.8, 4) is 22.6 Å². The van der Waals surface area contributed by atoms with Crippen molar-refractivity contribution in [1.82, 2.24) is 24.1 Å². The van der Waals surface area contributed by atoms with Gasteiger partial charge in [-0.1, -0.05) is 60.4 Å². The molecular weight excluding hydrogens is 528 g/mol. The number of amides is 1. The standard InChI is InChI=1S/C29H22N6O2S2/c1-19-26(28(37)35(32(19)2)23-11-7-4-8-12-23)34-27(36)24(39-29(34)38)17-21-18-33(22-9-5-3-6-10-22)31-25(21)20-13-15-30-16-14-20/h3-18H,1-2H3/b24-17-. The van der Waals surface area contributed by atoms with Crippen LogP contribution in [0.3, 0.4) is 0 Å². The molecule has 1 amide bonds. The lowest BCUT2D eigenvalue weighted by atomic mass is 10.1. The summed E-state index contributed by atoms with van der Waals surface area (Å²) in [4.78, 5) is 33.2. The van der Waals surface area contributed by atoms with Gasteiger partial charge in [0.15, 0.2) is 4.32 Å². The van der Waals surface area contributed by atoms with Crippen LogP contribution in [0, 0.1) is 6.92 Å². The Hall–Kier alpha value is -4.54. The smallest absolute Gasteiger partial charge is 0.283 e. The maximum Gasteiger partial charge on any atom is 0.296 e. The van der Waals surface area contributed by atoms with Gasteiger partial charge in [-0.15, -0.1) is 0 Å². The van der Waals surface area contributed by atoms with Gasteiger partial charge in [0.1, 0.15) is 11.4 Å². The van der Waals surface area contributed by atoms with E-state index in [1.54, 1.807) is 39.6 Å². The lowest BCUT2D eigenvalue weighted by Crippen LogP contribution is -2.33. The van der Waals surface area contributed by atoms with Gasteiger partial charge in [-0.2, -0.15) is 5.10 Å². The van der Waals surface area contributed by atoms with Gasteiger partial charge in [-0.25, -0.2) is 9.36 Å². The third kappa shape index (κ3) is 4.33. The number of carbonyl (C=O) groups is 1. The highest BCUT2D eigenvalue weighted by atomic mass is 32.2. The Morgan fingerprint density at radius 3 is 2.21 bits per heavy atom. The summed E-state index contributed by atoms with van der Waals surface area (Å²) < 4.78 is 5.36. The minimum atomic E-state index is -0.343. The van der Waals surface area contributed by atoms with Crippen molar-refractivity contribution < 1.29 is 4.79 Å². The highest BCUT2D eigenvalue weighted by Crippen LogP contribution is 2.37. The summed E-state index contributed by atoms with van der Waals surface area (Å²) in [5, 5.41) is 4.81. The molecule has 0 atom stereocenters. The lowest BCUT2D eigenvalue weighted by molar-refractivity contribution is -0.113. The molecule has 0 radical (unpaired) electrons. The topological polar surface area (TPSA) is 78.0 Å². The van der Waals surface area contributed by atoms with E-state index in [4.69, 9.17) is 17.3 Å². The van der Waals surface area contributed by atoms with Crippen molar-refractivity contribution >= 4 is 46.0 Å². The number of para-hydroxylation sites is 2. The second-order valence-corrected chi connectivity index (χ2v) is 10.6. The average molecular weight is 551 g/mol. The molecule has 6 rings (SSSR count). The van der Waals surface area contributed by atoms with E-state index in [1.807, 2.05) is 85.9 Å². The fraction of sp³-hybridized carbons (Fsp3) is 0.0690. The number of anilines is 1. The molecule has 1 aliphatic heterocycles. The highest BCUT2D eigenvalue weighted by Gasteiger charge is 2.38. The maximum absolute atomic E-state index is 13.8. The third-order valence-corrected chi connectivity index (χ3v) is 7.85. The van der Waals surface area contributed by atoms with Gasteiger partial charge in [0, 0.05) is 36.8 Å².